The van der Waals surface area contributed by atoms with Crippen LogP contribution in [0.2, 0.25) is 0 Å². The van der Waals surface area contributed by atoms with Gasteiger partial charge in [0.05, 0.1) is 6.20 Å². The number of quaternary nitrogens is 1. The van der Waals surface area contributed by atoms with Gasteiger partial charge in [0.25, 0.3) is 17.6 Å². The van der Waals surface area contributed by atoms with Gasteiger partial charge in [-0.25, -0.2) is 9.78 Å². The van der Waals surface area contributed by atoms with E-state index in [1.54, 1.807) is 12.1 Å². The van der Waals surface area contributed by atoms with Crippen LogP contribution in [0.15, 0.2) is 54.7 Å². The van der Waals surface area contributed by atoms with Crippen molar-refractivity contribution in [3.05, 3.63) is 60.3 Å². The molecule has 2 aliphatic rings. The number of hydrazine groups is 1. The SMILES string of the molecule is CC[C@@]1(c2ccccc2)NC(=O)N(NC(=O)C[NH+]2CCN(c3cccc[nH+]3)CC2)C1=O. The fourth-order valence-corrected chi connectivity index (χ4v) is 4.25. The van der Waals surface area contributed by atoms with Crippen molar-refractivity contribution in [2.24, 2.45) is 0 Å². The van der Waals surface area contributed by atoms with Gasteiger partial charge in [-0.2, -0.15) is 5.01 Å². The average molecular weight is 425 g/mol. The van der Waals surface area contributed by atoms with E-state index in [-0.39, 0.29) is 12.5 Å². The molecule has 4 amide bonds. The summed E-state index contributed by atoms with van der Waals surface area (Å²) in [7, 11) is 0. The Balaban J connectivity index is 1.35. The Labute approximate surface area is 181 Å². The van der Waals surface area contributed by atoms with Crippen LogP contribution in [0.25, 0.3) is 0 Å². The molecule has 3 heterocycles. The monoisotopic (exact) mass is 424 g/mol. The van der Waals surface area contributed by atoms with Crippen LogP contribution in [0.3, 0.4) is 0 Å². The summed E-state index contributed by atoms with van der Waals surface area (Å²) >= 11 is 0. The Morgan fingerprint density at radius 1 is 1.13 bits per heavy atom. The van der Waals surface area contributed by atoms with E-state index in [1.807, 2.05) is 49.5 Å². The lowest BCUT2D eigenvalue weighted by Crippen LogP contribution is -3.16. The molecule has 4 N–H and O–H groups in total. The maximum Gasteiger partial charge on any atom is 0.344 e. The number of carbonyl (C=O) groups excluding carboxylic acids is 3. The number of anilines is 1. The second-order valence-electron chi connectivity index (χ2n) is 7.89. The van der Waals surface area contributed by atoms with Gasteiger partial charge in [0.15, 0.2) is 6.54 Å². The standard InChI is InChI=1S/C22H26N6O3/c1-2-22(17-8-4-3-5-9-17)20(30)28(21(31)24-22)25-19(29)16-26-12-14-27(15-13-26)18-10-6-7-11-23-18/h3-11H,2,12-16H2,1H3,(H,24,31)(H,25,29)/p+2/t22-/m0/s1. The molecule has 0 saturated carbocycles. The molecule has 2 aromatic rings. The van der Waals surface area contributed by atoms with E-state index < -0.39 is 17.5 Å². The number of nitrogens with zero attached hydrogens (tertiary/aromatic N) is 2. The molecule has 162 valence electrons. The maximum absolute atomic E-state index is 13.1. The average Bonchev–Trinajstić information content (AvgIpc) is 3.06. The fourth-order valence-electron chi connectivity index (χ4n) is 4.25. The number of nitrogens with one attached hydrogen (secondary N) is 4. The number of pyridine rings is 1. The van der Waals surface area contributed by atoms with Crippen LogP contribution < -0.4 is 25.5 Å². The molecular weight excluding hydrogens is 396 g/mol. The van der Waals surface area contributed by atoms with Crippen molar-refractivity contribution in [2.45, 2.75) is 18.9 Å². The quantitative estimate of drug-likeness (QED) is 0.523. The van der Waals surface area contributed by atoms with Crippen molar-refractivity contribution in [1.82, 2.24) is 15.8 Å². The van der Waals surface area contributed by atoms with Crippen molar-refractivity contribution in [3.63, 3.8) is 0 Å². The number of aromatic nitrogens is 1. The number of piperazine rings is 1. The van der Waals surface area contributed by atoms with Crippen molar-refractivity contribution in [1.29, 1.82) is 0 Å². The summed E-state index contributed by atoms with van der Waals surface area (Å²) < 4.78 is 0. The van der Waals surface area contributed by atoms with Crippen LogP contribution in [0, 0.1) is 0 Å². The van der Waals surface area contributed by atoms with E-state index in [1.165, 1.54) is 0 Å². The highest BCUT2D eigenvalue weighted by Gasteiger charge is 2.52. The molecule has 0 radical (unpaired) electrons. The molecule has 0 bridgehead atoms. The molecule has 0 unspecified atom stereocenters. The van der Waals surface area contributed by atoms with E-state index in [2.05, 4.69) is 20.6 Å². The molecule has 4 rings (SSSR count). The number of H-pyrrole nitrogens is 1. The number of amides is 4. The molecular formula is C22H28N6O3+2. The van der Waals surface area contributed by atoms with Crippen LogP contribution in [-0.2, 0) is 15.1 Å². The third-order valence-corrected chi connectivity index (χ3v) is 6.04. The van der Waals surface area contributed by atoms with Gasteiger partial charge in [-0.1, -0.05) is 43.3 Å². The molecule has 2 aliphatic heterocycles. The van der Waals surface area contributed by atoms with Crippen LogP contribution >= 0.6 is 0 Å². The zero-order valence-electron chi connectivity index (χ0n) is 17.6. The third kappa shape index (κ3) is 4.09. The Morgan fingerprint density at radius 3 is 2.48 bits per heavy atom. The first-order valence-corrected chi connectivity index (χ1v) is 10.6. The van der Waals surface area contributed by atoms with Gasteiger partial charge in [0.2, 0.25) is 0 Å². The Kier molecular flexibility index (Phi) is 5.85. The predicted octanol–water partition coefficient (Wildman–Crippen LogP) is -0.906. The summed E-state index contributed by atoms with van der Waals surface area (Å²) in [5, 5.41) is 3.60. The van der Waals surface area contributed by atoms with Gasteiger partial charge in [-0.3, -0.25) is 19.9 Å². The van der Waals surface area contributed by atoms with Crippen LogP contribution in [0.5, 0.6) is 0 Å². The molecule has 1 aromatic heterocycles. The first kappa shape index (κ1) is 20.8. The number of imide groups is 1. The number of hydrogen-bond acceptors (Lipinski definition) is 4. The molecule has 2 fully saturated rings. The number of benzene rings is 1. The highest BCUT2D eigenvalue weighted by Crippen LogP contribution is 2.31. The zero-order valence-corrected chi connectivity index (χ0v) is 17.6. The minimum atomic E-state index is -1.16. The highest BCUT2D eigenvalue weighted by molar-refractivity contribution is 6.08. The summed E-state index contributed by atoms with van der Waals surface area (Å²) in [5.74, 6) is 0.249. The topological polar surface area (TPSA) is 100 Å². The van der Waals surface area contributed by atoms with Gasteiger partial charge in [0.1, 0.15) is 31.7 Å². The van der Waals surface area contributed by atoms with E-state index >= 15 is 0 Å². The van der Waals surface area contributed by atoms with Crippen molar-refractivity contribution >= 4 is 23.7 Å². The van der Waals surface area contributed by atoms with Crippen molar-refractivity contribution in [2.75, 3.05) is 37.6 Å². The summed E-state index contributed by atoms with van der Waals surface area (Å²) in [6.07, 6.45) is 2.28. The zero-order chi connectivity index (χ0) is 21.8. The van der Waals surface area contributed by atoms with Crippen molar-refractivity contribution < 1.29 is 24.3 Å². The van der Waals surface area contributed by atoms with E-state index in [0.29, 0.717) is 12.0 Å². The summed E-state index contributed by atoms with van der Waals surface area (Å²) in [6.45, 7) is 5.26. The normalized spacial score (nSPS) is 21.8. The molecule has 0 aliphatic carbocycles. The Bertz CT molecular complexity index is 946. The summed E-state index contributed by atoms with van der Waals surface area (Å²) in [4.78, 5) is 44.8. The molecule has 9 nitrogen and oxygen atoms in total. The van der Waals surface area contributed by atoms with Gasteiger partial charge >= 0.3 is 6.03 Å². The third-order valence-electron chi connectivity index (χ3n) is 6.04. The smallest absolute Gasteiger partial charge is 0.321 e. The molecule has 1 aromatic carbocycles. The second kappa shape index (κ2) is 8.73. The molecule has 0 spiro atoms. The van der Waals surface area contributed by atoms with E-state index in [9.17, 15) is 14.4 Å². The predicted molar refractivity (Wildman–Crippen MR) is 113 cm³/mol. The van der Waals surface area contributed by atoms with Gasteiger partial charge < -0.3 is 10.2 Å². The van der Waals surface area contributed by atoms with Crippen molar-refractivity contribution in [3.8, 4) is 0 Å². The molecule has 31 heavy (non-hydrogen) atoms. The van der Waals surface area contributed by atoms with Crippen LogP contribution in [0.4, 0.5) is 10.6 Å². The van der Waals surface area contributed by atoms with E-state index in [4.69, 9.17) is 0 Å². The lowest BCUT2D eigenvalue weighted by atomic mass is 9.87. The molecule has 9 heteroatoms. The lowest BCUT2D eigenvalue weighted by molar-refractivity contribution is -0.892. The van der Waals surface area contributed by atoms with Gasteiger partial charge in [-0.15, -0.1) is 0 Å². The number of carbonyl (C=O) groups is 3. The molecule has 2 saturated heterocycles. The van der Waals surface area contributed by atoms with Crippen LogP contribution in [0.1, 0.15) is 18.9 Å². The van der Waals surface area contributed by atoms with Crippen LogP contribution in [-0.4, -0.2) is 55.6 Å². The first-order chi connectivity index (χ1) is 15.0. The number of urea groups is 1. The number of hydrogen-bond donors (Lipinski definition) is 3. The summed E-state index contributed by atoms with van der Waals surface area (Å²) in [6, 6.07) is 14.5. The molecule has 1 atom stereocenters. The second-order valence-corrected chi connectivity index (χ2v) is 7.89. The first-order valence-electron chi connectivity index (χ1n) is 10.6. The van der Waals surface area contributed by atoms with Gasteiger partial charge in [-0.05, 0) is 18.1 Å². The largest absolute Gasteiger partial charge is 0.344 e. The minimum Gasteiger partial charge on any atom is -0.321 e. The minimum absolute atomic E-state index is 0.202. The Morgan fingerprint density at radius 2 is 1.84 bits per heavy atom. The number of rotatable bonds is 6. The maximum atomic E-state index is 13.1. The highest BCUT2D eigenvalue weighted by atomic mass is 16.2. The lowest BCUT2D eigenvalue weighted by Gasteiger charge is -2.28. The fraction of sp³-hybridized carbons (Fsp3) is 0.364. The Hall–Kier alpha value is -3.46. The van der Waals surface area contributed by atoms with E-state index in [0.717, 1.165) is 41.9 Å². The summed E-state index contributed by atoms with van der Waals surface area (Å²) in [5.41, 5.74) is 2.06. The van der Waals surface area contributed by atoms with Gasteiger partial charge in [0, 0.05) is 6.07 Å². The number of aromatic amines is 1.